The summed E-state index contributed by atoms with van der Waals surface area (Å²) in [4.78, 5) is 37.3. The van der Waals surface area contributed by atoms with E-state index in [9.17, 15) is 14.0 Å². The molecule has 2 aliphatic heterocycles. The number of carbonyl (C=O) groups is 2. The second-order valence-electron chi connectivity index (χ2n) is 15.4. The highest BCUT2D eigenvalue weighted by molar-refractivity contribution is 5.97. The first-order chi connectivity index (χ1) is 23.0. The summed E-state index contributed by atoms with van der Waals surface area (Å²) >= 11 is 0. The summed E-state index contributed by atoms with van der Waals surface area (Å²) in [5, 5.41) is 8.18. The average Bonchev–Trinajstić information content (AvgIpc) is 3.28. The fraction of sp³-hybridized carbons (Fsp3) is 0.694. The van der Waals surface area contributed by atoms with Crippen molar-refractivity contribution in [3.8, 4) is 11.6 Å². The molecule has 2 saturated carbocycles. The molecule has 1 amide bonds. The Labute approximate surface area is 277 Å². The molecule has 9 nitrogen and oxygen atoms in total. The van der Waals surface area contributed by atoms with E-state index in [1.165, 1.54) is 24.5 Å². The highest BCUT2D eigenvalue weighted by atomic mass is 19.1. The molecule has 4 fully saturated rings. The molecule has 2 aliphatic carbocycles. The number of ether oxygens (including phenoxy) is 1. The van der Waals surface area contributed by atoms with E-state index in [0.29, 0.717) is 24.6 Å². The quantitative estimate of drug-likeness (QED) is 0.323. The second-order valence-corrected chi connectivity index (χ2v) is 15.4. The number of likely N-dealkylation sites (tertiary alicyclic amines) is 1. The van der Waals surface area contributed by atoms with Crippen molar-refractivity contribution in [3.63, 3.8) is 0 Å². The lowest BCUT2D eigenvalue weighted by atomic mass is 9.67. The monoisotopic (exact) mass is 637 g/mol. The lowest BCUT2D eigenvalue weighted by molar-refractivity contribution is -0.124. The molecule has 0 N–H and O–H groups in total. The molecule has 2 saturated heterocycles. The van der Waals surface area contributed by atoms with Gasteiger partial charge in [-0.05, 0) is 115 Å². The number of piperidine rings is 1. The summed E-state index contributed by atoms with van der Waals surface area (Å²) < 4.78 is 44.5. The van der Waals surface area contributed by atoms with Crippen LogP contribution in [-0.2, 0) is 4.79 Å². The third-order valence-electron chi connectivity index (χ3n) is 11.1. The normalized spacial score (nSPS) is 29.1. The van der Waals surface area contributed by atoms with Gasteiger partial charge in [0.05, 0.1) is 5.56 Å². The Morgan fingerprint density at radius 1 is 1.11 bits per heavy atom. The van der Waals surface area contributed by atoms with Crippen molar-refractivity contribution in [1.29, 1.82) is 0 Å². The number of nitrogens with zero attached hydrogens (tertiary/aromatic N) is 6. The molecule has 0 radical (unpaired) electrons. The van der Waals surface area contributed by atoms with Gasteiger partial charge in [-0.15, -0.1) is 10.2 Å². The van der Waals surface area contributed by atoms with E-state index in [2.05, 4.69) is 25.0 Å². The van der Waals surface area contributed by atoms with Gasteiger partial charge >= 0.3 is 0 Å². The first kappa shape index (κ1) is 29.0. The summed E-state index contributed by atoms with van der Waals surface area (Å²) in [5.41, 5.74) is -1.01. The molecule has 10 heteroatoms. The van der Waals surface area contributed by atoms with Crippen LogP contribution in [0, 0.1) is 28.0 Å². The Kier molecular flexibility index (Phi) is 7.87. The van der Waals surface area contributed by atoms with E-state index in [1.54, 1.807) is 11.8 Å². The maximum Gasteiger partial charge on any atom is 0.282 e. The van der Waals surface area contributed by atoms with Crippen LogP contribution in [0.25, 0.3) is 0 Å². The predicted octanol–water partition coefficient (Wildman–Crippen LogP) is 6.53. The van der Waals surface area contributed by atoms with Crippen molar-refractivity contribution >= 4 is 17.5 Å². The van der Waals surface area contributed by atoms with Crippen LogP contribution in [0.5, 0.6) is 11.6 Å². The highest BCUT2D eigenvalue weighted by Gasteiger charge is 2.51. The van der Waals surface area contributed by atoms with Gasteiger partial charge in [-0.2, -0.15) is 0 Å². The van der Waals surface area contributed by atoms with Crippen molar-refractivity contribution < 1.29 is 22.8 Å². The van der Waals surface area contributed by atoms with E-state index in [4.69, 9.17) is 8.85 Å². The van der Waals surface area contributed by atoms with E-state index in [0.717, 1.165) is 71.2 Å². The zero-order chi connectivity index (χ0) is 35.4. The number of hydrogen-bond donors (Lipinski definition) is 0. The fourth-order valence-corrected chi connectivity index (χ4v) is 8.69. The first-order valence-electron chi connectivity index (χ1n) is 18.5. The number of amides is 1. The molecule has 2 aromatic rings. The minimum absolute atomic E-state index is 0.0758. The number of ketones is 1. The molecule has 250 valence electrons. The van der Waals surface area contributed by atoms with Gasteiger partial charge in [0, 0.05) is 53.1 Å². The summed E-state index contributed by atoms with van der Waals surface area (Å²) in [6, 6.07) is 3.78. The molecule has 6 rings (SSSR count). The molecular formula is C36H51FN6O3. The van der Waals surface area contributed by atoms with E-state index in [1.807, 2.05) is 27.7 Å². The number of rotatable bonds is 8. The van der Waals surface area contributed by atoms with Crippen molar-refractivity contribution in [3.05, 3.63) is 35.9 Å². The number of carbonyl (C=O) groups excluding carboxylic acids is 2. The number of hydrogen-bond acceptors (Lipinski definition) is 8. The topological polar surface area (TPSA) is 91.8 Å². The van der Waals surface area contributed by atoms with Crippen molar-refractivity contribution in [2.75, 3.05) is 37.6 Å². The van der Waals surface area contributed by atoms with Crippen LogP contribution in [0.15, 0.2) is 24.5 Å². The highest BCUT2D eigenvalue weighted by Crippen LogP contribution is 2.55. The molecule has 4 aliphatic rings. The Morgan fingerprint density at radius 3 is 2.43 bits per heavy atom. The van der Waals surface area contributed by atoms with Gasteiger partial charge in [-0.1, -0.05) is 13.8 Å². The van der Waals surface area contributed by atoms with Gasteiger partial charge < -0.3 is 19.4 Å². The van der Waals surface area contributed by atoms with Crippen LogP contribution in [0.3, 0.4) is 0 Å². The largest absolute Gasteiger partial charge is 0.434 e. The summed E-state index contributed by atoms with van der Waals surface area (Å²) in [5.74, 6) is 0.632. The number of aromatic nitrogens is 3. The average molecular weight is 638 g/mol. The lowest BCUT2D eigenvalue weighted by Crippen LogP contribution is -2.61. The minimum atomic E-state index is -2.24. The minimum Gasteiger partial charge on any atom is -0.434 e. The van der Waals surface area contributed by atoms with Gasteiger partial charge in [0.2, 0.25) is 0 Å². The number of Topliss-reactive ketones (excluding diaryl/α,β-unsaturated/α-hetero) is 1. The van der Waals surface area contributed by atoms with Crippen LogP contribution >= 0.6 is 0 Å². The molecule has 2 spiro atoms. The third-order valence-corrected chi connectivity index (χ3v) is 11.1. The van der Waals surface area contributed by atoms with Crippen molar-refractivity contribution in [2.45, 2.75) is 105 Å². The molecule has 3 heterocycles. The third kappa shape index (κ3) is 6.51. The number of benzene rings is 1. The molecule has 46 heavy (non-hydrogen) atoms. The Hall–Kier alpha value is -3.14. The van der Waals surface area contributed by atoms with Crippen LogP contribution in [0.4, 0.5) is 10.2 Å². The van der Waals surface area contributed by atoms with E-state index in [-0.39, 0.29) is 51.8 Å². The zero-order valence-electron chi connectivity index (χ0n) is 31.0. The molecular weight excluding hydrogens is 583 g/mol. The summed E-state index contributed by atoms with van der Waals surface area (Å²) in [6.07, 6.45) is 8.47. The molecule has 1 atom stereocenters. The summed E-state index contributed by atoms with van der Waals surface area (Å²) in [7, 11) is 0. The van der Waals surface area contributed by atoms with Crippen LogP contribution in [0.2, 0.25) is 0 Å². The molecule has 0 bridgehead atoms. The maximum atomic E-state index is 14.4. The van der Waals surface area contributed by atoms with E-state index < -0.39 is 18.1 Å². The number of halogens is 1. The van der Waals surface area contributed by atoms with Gasteiger partial charge in [0.1, 0.15) is 23.7 Å². The van der Waals surface area contributed by atoms with Gasteiger partial charge in [0.25, 0.3) is 11.8 Å². The molecule has 1 aromatic carbocycles. The van der Waals surface area contributed by atoms with Crippen molar-refractivity contribution in [2.24, 2.45) is 22.2 Å². The Morgan fingerprint density at radius 2 is 1.80 bits per heavy atom. The molecule has 1 aromatic heterocycles. The SMILES string of the molecule is [2H]C([2H])([2H])C1(C)CC2(CCC(CN3CCC4(CC3)CN(c3ncnnc3Oc3ccc(F)cc3C(=O)N(C(C)C)C(C)C)C4)CC2)CC1=O. The lowest BCUT2D eigenvalue weighted by Gasteiger charge is -2.54. The predicted molar refractivity (Wildman–Crippen MR) is 175 cm³/mol. The zero-order valence-corrected chi connectivity index (χ0v) is 28.0. The van der Waals surface area contributed by atoms with Gasteiger partial charge in [0.15, 0.2) is 5.82 Å². The van der Waals surface area contributed by atoms with Gasteiger partial charge in [-0.3, -0.25) is 9.59 Å². The van der Waals surface area contributed by atoms with Crippen molar-refractivity contribution in [1.82, 2.24) is 25.0 Å². The fourth-order valence-electron chi connectivity index (χ4n) is 8.69. The van der Waals surface area contributed by atoms with Crippen LogP contribution < -0.4 is 9.64 Å². The smallest absolute Gasteiger partial charge is 0.282 e. The van der Waals surface area contributed by atoms with Crippen LogP contribution in [-0.4, -0.2) is 81.5 Å². The molecule has 1 unspecified atom stereocenters. The van der Waals surface area contributed by atoms with Crippen LogP contribution in [0.1, 0.15) is 107 Å². The van der Waals surface area contributed by atoms with E-state index >= 15 is 0 Å². The standard InChI is InChI=1S/C36H51FN6O3/c1-24(2)43(25(3)4)33(45)28-17-27(37)7-8-29(28)46-32-31(38-23-39-40-32)42-21-36(22-42)13-15-41(16-14-36)19-26-9-11-35(12-10-26)18-30(44)34(5,6)20-35/h7-8,17,23-26H,9-16,18-22H2,1-6H3/i5D3. The Bertz CT molecular complexity index is 1540. The van der Waals surface area contributed by atoms with Gasteiger partial charge in [-0.25, -0.2) is 9.37 Å². The Balaban J connectivity index is 1.03. The summed E-state index contributed by atoms with van der Waals surface area (Å²) in [6.45, 7) is 11.9. The number of anilines is 1. The second kappa shape index (κ2) is 12.5. The maximum absolute atomic E-state index is 14.4. The first-order valence-corrected chi connectivity index (χ1v) is 17.0.